The Hall–Kier alpha value is -0.640. The molecule has 0 spiro atoms. The molecule has 0 saturated heterocycles. The first kappa shape index (κ1) is 7.98. The number of aliphatic imine (C=N–C) groups is 1. The van der Waals surface area contributed by atoms with E-state index in [0.29, 0.717) is 0 Å². The number of hydrogen-bond acceptors (Lipinski definition) is 4. The van der Waals surface area contributed by atoms with E-state index in [1.807, 2.05) is 11.8 Å². The lowest BCUT2D eigenvalue weighted by Gasteiger charge is -2.18. The maximum absolute atomic E-state index is 4.41. The van der Waals surface area contributed by atoms with Crippen LogP contribution < -0.4 is 0 Å². The quantitative estimate of drug-likeness (QED) is 0.608. The van der Waals surface area contributed by atoms with Crippen LogP contribution in [0.15, 0.2) is 17.4 Å². The fourth-order valence-corrected chi connectivity index (χ4v) is 2.12. The summed E-state index contributed by atoms with van der Waals surface area (Å²) >= 11 is 1.85. The lowest BCUT2D eigenvalue weighted by molar-refractivity contribution is 0.348. The monoisotopic (exact) mass is 183 g/mol. The van der Waals surface area contributed by atoms with Crippen molar-refractivity contribution < 1.29 is 0 Å². The average molecular weight is 183 g/mol. The highest BCUT2D eigenvalue weighted by atomic mass is 32.2. The summed E-state index contributed by atoms with van der Waals surface area (Å²) in [5.74, 6) is 1.14. The first-order valence-electron chi connectivity index (χ1n) is 4.26. The van der Waals surface area contributed by atoms with Gasteiger partial charge in [0.1, 0.15) is 0 Å². The summed E-state index contributed by atoms with van der Waals surface area (Å²) < 4.78 is 0. The first-order valence-corrected chi connectivity index (χ1v) is 5.25. The second kappa shape index (κ2) is 3.39. The van der Waals surface area contributed by atoms with E-state index in [2.05, 4.69) is 34.1 Å². The maximum atomic E-state index is 4.41. The number of nitrogens with zero attached hydrogens (tertiary/aromatic N) is 3. The smallest absolute Gasteiger partial charge is 0.164 e. The molecular weight excluding hydrogens is 170 g/mol. The van der Waals surface area contributed by atoms with Crippen molar-refractivity contribution in [1.82, 2.24) is 9.80 Å². The minimum atomic E-state index is 0.975. The Bertz CT molecular complexity index is 224. The summed E-state index contributed by atoms with van der Waals surface area (Å²) in [6.07, 6.45) is 4.24. The van der Waals surface area contributed by atoms with E-state index in [9.17, 15) is 0 Å². The van der Waals surface area contributed by atoms with Crippen LogP contribution in [0.3, 0.4) is 0 Å². The second-order valence-electron chi connectivity index (χ2n) is 2.83. The van der Waals surface area contributed by atoms with Gasteiger partial charge in [0.05, 0.1) is 13.2 Å². The molecule has 0 aromatic carbocycles. The van der Waals surface area contributed by atoms with Crippen molar-refractivity contribution in [3.63, 3.8) is 0 Å². The molecular formula is C8H13N3S. The molecule has 2 rings (SSSR count). The normalized spacial score (nSPS) is 22.2. The van der Waals surface area contributed by atoms with E-state index in [4.69, 9.17) is 0 Å². The highest BCUT2D eigenvalue weighted by molar-refractivity contribution is 8.14. The minimum Gasteiger partial charge on any atom is -0.358 e. The van der Waals surface area contributed by atoms with Crippen LogP contribution >= 0.6 is 11.8 Å². The van der Waals surface area contributed by atoms with Crippen LogP contribution in [0.2, 0.25) is 0 Å². The van der Waals surface area contributed by atoms with Gasteiger partial charge in [0.2, 0.25) is 0 Å². The Morgan fingerprint density at radius 1 is 1.58 bits per heavy atom. The molecule has 0 aliphatic carbocycles. The highest BCUT2D eigenvalue weighted by Gasteiger charge is 2.18. The summed E-state index contributed by atoms with van der Waals surface area (Å²) in [6, 6.07) is 0. The number of hydrogen-bond donors (Lipinski definition) is 0. The first-order chi connectivity index (χ1) is 5.90. The molecule has 12 heavy (non-hydrogen) atoms. The van der Waals surface area contributed by atoms with Gasteiger partial charge in [0.25, 0.3) is 0 Å². The van der Waals surface area contributed by atoms with Crippen LogP contribution in [0, 0.1) is 0 Å². The summed E-state index contributed by atoms with van der Waals surface area (Å²) in [7, 11) is 0. The van der Waals surface area contributed by atoms with Gasteiger partial charge < -0.3 is 9.80 Å². The van der Waals surface area contributed by atoms with Gasteiger partial charge in [0.15, 0.2) is 5.17 Å². The molecule has 0 bridgehead atoms. The summed E-state index contributed by atoms with van der Waals surface area (Å²) in [6.45, 7) is 5.20. The van der Waals surface area contributed by atoms with Gasteiger partial charge >= 0.3 is 0 Å². The van der Waals surface area contributed by atoms with Crippen LogP contribution in [0.5, 0.6) is 0 Å². The fraction of sp³-hybridized carbons (Fsp3) is 0.625. The largest absolute Gasteiger partial charge is 0.358 e. The van der Waals surface area contributed by atoms with Crippen LogP contribution in [-0.2, 0) is 0 Å². The molecule has 3 nitrogen and oxygen atoms in total. The highest BCUT2D eigenvalue weighted by Crippen LogP contribution is 2.18. The average Bonchev–Trinajstić information content (AvgIpc) is 2.75. The number of thioether (sulfide) groups is 1. The maximum Gasteiger partial charge on any atom is 0.164 e. The van der Waals surface area contributed by atoms with Crippen molar-refractivity contribution in [2.24, 2.45) is 4.99 Å². The third-order valence-electron chi connectivity index (χ3n) is 2.01. The van der Waals surface area contributed by atoms with Gasteiger partial charge in [-0.2, -0.15) is 0 Å². The van der Waals surface area contributed by atoms with Crippen LogP contribution in [-0.4, -0.2) is 40.5 Å². The molecule has 66 valence electrons. The lowest BCUT2D eigenvalue weighted by atomic mass is 10.6. The molecule has 4 heteroatoms. The summed E-state index contributed by atoms with van der Waals surface area (Å²) in [4.78, 5) is 8.89. The summed E-state index contributed by atoms with van der Waals surface area (Å²) in [5.41, 5.74) is 0. The van der Waals surface area contributed by atoms with Crippen molar-refractivity contribution >= 4 is 16.9 Å². The van der Waals surface area contributed by atoms with E-state index in [-0.39, 0.29) is 0 Å². The molecule has 0 fully saturated rings. The summed E-state index contributed by atoms with van der Waals surface area (Å²) in [5, 5.41) is 1.18. The molecule has 2 aliphatic rings. The van der Waals surface area contributed by atoms with Crippen LogP contribution in [0.1, 0.15) is 6.92 Å². The lowest BCUT2D eigenvalue weighted by Crippen LogP contribution is -2.27. The second-order valence-corrected chi connectivity index (χ2v) is 3.89. The van der Waals surface area contributed by atoms with E-state index < -0.39 is 0 Å². The topological polar surface area (TPSA) is 18.8 Å². The molecule has 0 aromatic heterocycles. The minimum absolute atomic E-state index is 0.975. The predicted octanol–water partition coefficient (Wildman–Crippen LogP) is 1.16. The third kappa shape index (κ3) is 1.43. The standard InChI is InChI=1S/C8H13N3S/c1-2-10-4-5-11(7-10)8-9-3-6-12-8/h4-5H,2-3,6-7H2,1H3. The molecule has 0 aromatic rings. The molecule has 0 N–H and O–H groups in total. The van der Waals surface area contributed by atoms with Gasteiger partial charge in [0, 0.05) is 24.7 Å². The molecule has 0 amide bonds. The van der Waals surface area contributed by atoms with E-state index in [1.54, 1.807) is 0 Å². The van der Waals surface area contributed by atoms with Crippen molar-refractivity contribution in [2.45, 2.75) is 6.92 Å². The molecule has 2 aliphatic heterocycles. The van der Waals surface area contributed by atoms with Gasteiger partial charge in [-0.1, -0.05) is 11.8 Å². The number of rotatable bonds is 1. The van der Waals surface area contributed by atoms with Crippen molar-refractivity contribution in [1.29, 1.82) is 0 Å². The molecule has 2 heterocycles. The van der Waals surface area contributed by atoms with Gasteiger partial charge in [-0.15, -0.1) is 0 Å². The van der Waals surface area contributed by atoms with Gasteiger partial charge in [-0.3, -0.25) is 4.99 Å². The van der Waals surface area contributed by atoms with Crippen LogP contribution in [0.4, 0.5) is 0 Å². The zero-order valence-corrected chi connectivity index (χ0v) is 8.05. The van der Waals surface area contributed by atoms with E-state index in [1.165, 1.54) is 5.17 Å². The Morgan fingerprint density at radius 2 is 2.50 bits per heavy atom. The van der Waals surface area contributed by atoms with Gasteiger partial charge in [-0.05, 0) is 6.92 Å². The Morgan fingerprint density at radius 3 is 3.08 bits per heavy atom. The zero-order chi connectivity index (χ0) is 8.39. The molecule has 0 radical (unpaired) electrons. The fourth-order valence-electron chi connectivity index (χ4n) is 1.29. The van der Waals surface area contributed by atoms with E-state index in [0.717, 1.165) is 25.5 Å². The Kier molecular flexibility index (Phi) is 2.26. The van der Waals surface area contributed by atoms with Crippen molar-refractivity contribution in [3.8, 4) is 0 Å². The molecule has 0 atom stereocenters. The van der Waals surface area contributed by atoms with Crippen LogP contribution in [0.25, 0.3) is 0 Å². The molecule has 0 saturated carbocycles. The Labute approximate surface area is 77.1 Å². The molecule has 0 unspecified atom stereocenters. The zero-order valence-electron chi connectivity index (χ0n) is 7.23. The third-order valence-corrected chi connectivity index (χ3v) is 3.02. The predicted molar refractivity (Wildman–Crippen MR) is 53.0 cm³/mol. The van der Waals surface area contributed by atoms with Crippen molar-refractivity contribution in [2.75, 3.05) is 25.5 Å². The SMILES string of the molecule is CCN1C=CN(C2=NCCS2)C1. The number of amidine groups is 1. The van der Waals surface area contributed by atoms with Gasteiger partial charge in [-0.25, -0.2) is 0 Å². The Balaban J connectivity index is 1.95. The van der Waals surface area contributed by atoms with E-state index >= 15 is 0 Å². The van der Waals surface area contributed by atoms with Crippen molar-refractivity contribution in [3.05, 3.63) is 12.4 Å².